The van der Waals surface area contributed by atoms with Gasteiger partial charge in [-0.15, -0.1) is 0 Å². The third-order valence-electron chi connectivity index (χ3n) is 8.34. The topological polar surface area (TPSA) is 75.4 Å². The molecule has 7 rings (SSSR count). The first-order chi connectivity index (χ1) is 19.4. The number of anilines is 1. The summed E-state index contributed by atoms with van der Waals surface area (Å²) in [6, 6.07) is 24.3. The van der Waals surface area contributed by atoms with Crippen LogP contribution in [0.2, 0.25) is 0 Å². The Bertz CT molecular complexity index is 1800. The molecule has 0 unspecified atom stereocenters. The summed E-state index contributed by atoms with van der Waals surface area (Å²) < 4.78 is 4.29. The van der Waals surface area contributed by atoms with E-state index in [1.165, 1.54) is 5.56 Å². The molecule has 1 atom stereocenters. The number of imidazole rings is 1. The summed E-state index contributed by atoms with van der Waals surface area (Å²) in [5.74, 6) is 0.788. The number of rotatable bonds is 5. The van der Waals surface area contributed by atoms with Gasteiger partial charge < -0.3 is 24.3 Å². The van der Waals surface area contributed by atoms with Gasteiger partial charge >= 0.3 is 0 Å². The molecule has 1 N–H and O–H groups in total. The fraction of sp³-hybridized carbons (Fsp3) is 0.281. The Morgan fingerprint density at radius 3 is 2.55 bits per heavy atom. The Kier molecular flexibility index (Phi) is 5.66. The van der Waals surface area contributed by atoms with Crippen LogP contribution in [0.3, 0.4) is 0 Å². The second-order valence-corrected chi connectivity index (χ2v) is 11.0. The average Bonchev–Trinajstić information content (AvgIpc) is 3.50. The fourth-order valence-corrected chi connectivity index (χ4v) is 6.65. The third-order valence-corrected chi connectivity index (χ3v) is 8.34. The van der Waals surface area contributed by atoms with Crippen LogP contribution in [0.1, 0.15) is 53.5 Å². The molecule has 0 saturated heterocycles. The molecule has 8 heteroatoms. The lowest BCUT2D eigenvalue weighted by molar-refractivity contribution is -0.121. The van der Waals surface area contributed by atoms with E-state index in [2.05, 4.69) is 51.4 Å². The zero-order chi connectivity index (χ0) is 27.5. The van der Waals surface area contributed by atoms with Crippen LogP contribution < -0.4 is 10.2 Å². The van der Waals surface area contributed by atoms with E-state index in [0.29, 0.717) is 13.1 Å². The SMILES string of the molecule is CC(C)n1c(CNC(=O)Cn2c3c(c4ccccc42)CCN2C(=O)c4ccccc4N(C)[C@H]32)nc2ccccc21. The van der Waals surface area contributed by atoms with Gasteiger partial charge in [0, 0.05) is 30.5 Å². The second-order valence-electron chi connectivity index (χ2n) is 11.0. The summed E-state index contributed by atoms with van der Waals surface area (Å²) in [6.07, 6.45) is 0.470. The minimum Gasteiger partial charge on any atom is -0.349 e. The Morgan fingerprint density at radius 1 is 1.00 bits per heavy atom. The van der Waals surface area contributed by atoms with Crippen molar-refractivity contribution in [3.8, 4) is 0 Å². The summed E-state index contributed by atoms with van der Waals surface area (Å²) in [6.45, 7) is 5.40. The zero-order valence-corrected chi connectivity index (χ0v) is 23.0. The molecular formula is C32H32N6O2. The number of hydrogen-bond acceptors (Lipinski definition) is 4. The van der Waals surface area contributed by atoms with Crippen LogP contribution in [-0.4, -0.2) is 44.4 Å². The highest BCUT2D eigenvalue weighted by Gasteiger charge is 2.42. The second kappa shape index (κ2) is 9.26. The number of fused-ring (bicyclic) bond motifs is 7. The van der Waals surface area contributed by atoms with E-state index in [4.69, 9.17) is 4.98 Å². The predicted octanol–water partition coefficient (Wildman–Crippen LogP) is 5.04. The van der Waals surface area contributed by atoms with Gasteiger partial charge in [0.05, 0.1) is 34.5 Å². The predicted molar refractivity (Wildman–Crippen MR) is 156 cm³/mol. The lowest BCUT2D eigenvalue weighted by atomic mass is 9.96. The first-order valence-electron chi connectivity index (χ1n) is 13.9. The van der Waals surface area contributed by atoms with Crippen molar-refractivity contribution < 1.29 is 9.59 Å². The van der Waals surface area contributed by atoms with Crippen molar-refractivity contribution in [3.63, 3.8) is 0 Å². The lowest BCUT2D eigenvalue weighted by Crippen LogP contribution is -2.51. The van der Waals surface area contributed by atoms with Crippen molar-refractivity contribution in [2.75, 3.05) is 18.5 Å². The van der Waals surface area contributed by atoms with Crippen molar-refractivity contribution in [2.45, 2.75) is 45.6 Å². The molecule has 2 aliphatic heterocycles. The van der Waals surface area contributed by atoms with Gasteiger partial charge in [-0.1, -0.05) is 42.5 Å². The van der Waals surface area contributed by atoms with Gasteiger partial charge in [0.2, 0.25) is 5.91 Å². The van der Waals surface area contributed by atoms with E-state index in [1.54, 1.807) is 0 Å². The molecule has 0 radical (unpaired) electrons. The molecule has 2 aliphatic rings. The molecule has 40 heavy (non-hydrogen) atoms. The molecule has 3 aromatic carbocycles. The lowest BCUT2D eigenvalue weighted by Gasteiger charge is -2.46. The summed E-state index contributed by atoms with van der Waals surface area (Å²) in [4.78, 5) is 36.1. The van der Waals surface area contributed by atoms with Gasteiger partial charge in [-0.05, 0) is 56.2 Å². The molecule has 0 aliphatic carbocycles. The van der Waals surface area contributed by atoms with E-state index >= 15 is 0 Å². The quantitative estimate of drug-likeness (QED) is 0.344. The summed E-state index contributed by atoms with van der Waals surface area (Å²) >= 11 is 0. The number of nitrogens with zero attached hydrogens (tertiary/aromatic N) is 5. The number of benzene rings is 3. The van der Waals surface area contributed by atoms with Gasteiger partial charge in [0.1, 0.15) is 18.5 Å². The van der Waals surface area contributed by atoms with E-state index in [9.17, 15) is 9.59 Å². The summed E-state index contributed by atoms with van der Waals surface area (Å²) in [5.41, 5.74) is 6.87. The highest BCUT2D eigenvalue weighted by molar-refractivity contribution is 6.02. The Labute approximate surface area is 232 Å². The van der Waals surface area contributed by atoms with Crippen LogP contribution in [0, 0.1) is 0 Å². The highest BCUT2D eigenvalue weighted by atomic mass is 16.2. The number of nitrogens with one attached hydrogen (secondary N) is 1. The normalized spacial score (nSPS) is 16.4. The third kappa shape index (κ3) is 3.62. The molecule has 0 saturated carbocycles. The minimum atomic E-state index is -0.281. The fourth-order valence-electron chi connectivity index (χ4n) is 6.65. The molecule has 202 valence electrons. The number of carbonyl (C=O) groups is 2. The molecule has 8 nitrogen and oxygen atoms in total. The number of aromatic nitrogens is 3. The number of para-hydroxylation sites is 4. The van der Waals surface area contributed by atoms with Crippen LogP contribution in [0.4, 0.5) is 5.69 Å². The van der Waals surface area contributed by atoms with E-state index in [-0.39, 0.29) is 30.6 Å². The van der Waals surface area contributed by atoms with Crippen LogP contribution >= 0.6 is 0 Å². The van der Waals surface area contributed by atoms with Crippen LogP contribution in [0.5, 0.6) is 0 Å². The molecule has 2 amide bonds. The number of hydrogen-bond donors (Lipinski definition) is 1. The minimum absolute atomic E-state index is 0.0400. The van der Waals surface area contributed by atoms with Gasteiger partial charge in [0.15, 0.2) is 0 Å². The van der Waals surface area contributed by atoms with Crippen molar-refractivity contribution in [1.82, 2.24) is 24.3 Å². The van der Waals surface area contributed by atoms with Crippen molar-refractivity contribution in [3.05, 3.63) is 95.4 Å². The van der Waals surface area contributed by atoms with Crippen molar-refractivity contribution >= 4 is 39.4 Å². The first-order valence-corrected chi connectivity index (χ1v) is 13.9. The highest BCUT2D eigenvalue weighted by Crippen LogP contribution is 2.44. The monoisotopic (exact) mass is 532 g/mol. The van der Waals surface area contributed by atoms with Gasteiger partial charge in [0.25, 0.3) is 5.91 Å². The van der Waals surface area contributed by atoms with E-state index in [0.717, 1.165) is 51.1 Å². The van der Waals surface area contributed by atoms with Crippen LogP contribution in [-0.2, 0) is 24.3 Å². The van der Waals surface area contributed by atoms with E-state index in [1.807, 2.05) is 66.5 Å². The Hall–Kier alpha value is -4.59. The Balaban J connectivity index is 1.25. The Morgan fingerprint density at radius 2 is 1.73 bits per heavy atom. The molecule has 0 bridgehead atoms. The van der Waals surface area contributed by atoms with Crippen molar-refractivity contribution in [1.29, 1.82) is 0 Å². The molecule has 0 spiro atoms. The molecular weight excluding hydrogens is 500 g/mol. The zero-order valence-electron chi connectivity index (χ0n) is 23.0. The first kappa shape index (κ1) is 24.5. The van der Waals surface area contributed by atoms with Crippen LogP contribution in [0.25, 0.3) is 21.9 Å². The van der Waals surface area contributed by atoms with Crippen LogP contribution in [0.15, 0.2) is 72.8 Å². The maximum absolute atomic E-state index is 13.6. The average molecular weight is 533 g/mol. The number of carbonyl (C=O) groups excluding carboxylic acids is 2. The number of amides is 2. The summed E-state index contributed by atoms with van der Waals surface area (Å²) in [5, 5.41) is 4.28. The van der Waals surface area contributed by atoms with Gasteiger partial charge in [-0.2, -0.15) is 0 Å². The van der Waals surface area contributed by atoms with E-state index < -0.39 is 0 Å². The maximum atomic E-state index is 13.6. The standard InChI is InChI=1S/C32H32N6O2/c1-20(2)38-27-15-9-6-12-24(27)34-28(38)18-33-29(39)19-37-26-14-8-4-10-21(26)22-16-17-36-31(30(22)37)35(3)25-13-7-5-11-23(25)32(36)40/h4-15,20,31H,16-19H2,1-3H3,(H,33,39)/t31-/m0/s1. The smallest absolute Gasteiger partial charge is 0.257 e. The largest absolute Gasteiger partial charge is 0.349 e. The molecule has 0 fully saturated rings. The molecule has 2 aromatic heterocycles. The van der Waals surface area contributed by atoms with Gasteiger partial charge in [-0.25, -0.2) is 4.98 Å². The molecule has 5 aromatic rings. The van der Waals surface area contributed by atoms with Gasteiger partial charge in [-0.3, -0.25) is 9.59 Å². The maximum Gasteiger partial charge on any atom is 0.257 e. The molecule has 4 heterocycles. The van der Waals surface area contributed by atoms with Crippen molar-refractivity contribution in [2.24, 2.45) is 0 Å². The summed E-state index contributed by atoms with van der Waals surface area (Å²) in [7, 11) is 2.04.